The monoisotopic (exact) mass is 504 g/mol. The van der Waals surface area contributed by atoms with Gasteiger partial charge in [-0.2, -0.15) is 0 Å². The quantitative estimate of drug-likeness (QED) is 0.0504. The molecule has 0 bridgehead atoms. The molecule has 0 aliphatic heterocycles. The van der Waals surface area contributed by atoms with Gasteiger partial charge >= 0.3 is 11.9 Å². The van der Waals surface area contributed by atoms with E-state index in [0.717, 1.165) is 0 Å². The Hall–Kier alpha value is -3.99. The van der Waals surface area contributed by atoms with Crippen molar-refractivity contribution < 1.29 is 44.1 Å². The predicted octanol–water partition coefficient (Wildman–Crippen LogP) is -5.36. The summed E-state index contributed by atoms with van der Waals surface area (Å²) >= 11 is 0. The van der Waals surface area contributed by atoms with Crippen molar-refractivity contribution in [3.8, 4) is 0 Å². The predicted molar refractivity (Wildman–Crippen MR) is 119 cm³/mol. The van der Waals surface area contributed by atoms with Gasteiger partial charge in [0, 0.05) is 13.0 Å². The Morgan fingerprint density at radius 1 is 0.800 bits per heavy atom. The van der Waals surface area contributed by atoms with Gasteiger partial charge in [0.15, 0.2) is 5.96 Å². The number of nitrogens with two attached hydrogens (primary N) is 4. The van der Waals surface area contributed by atoms with Crippen LogP contribution in [0.1, 0.15) is 32.1 Å². The summed E-state index contributed by atoms with van der Waals surface area (Å²) in [4.78, 5) is 74.6. The normalized spacial score (nSPS) is 13.9. The largest absolute Gasteiger partial charge is 0.481 e. The van der Waals surface area contributed by atoms with Gasteiger partial charge < -0.3 is 54.2 Å². The number of carboxylic acids is 2. The molecule has 0 aliphatic rings. The van der Waals surface area contributed by atoms with Crippen LogP contribution in [0, 0.1) is 0 Å². The molecule has 0 spiro atoms. The Kier molecular flexibility index (Phi) is 14.0. The minimum Gasteiger partial charge on any atom is -0.481 e. The molecular formula is C18H32N8O9. The van der Waals surface area contributed by atoms with Crippen molar-refractivity contribution in [3.63, 3.8) is 0 Å². The lowest BCUT2D eigenvalue weighted by molar-refractivity contribution is -0.143. The van der Waals surface area contributed by atoms with Crippen LogP contribution < -0.4 is 38.9 Å². The Morgan fingerprint density at radius 2 is 1.34 bits per heavy atom. The number of carbonyl (C=O) groups excluding carboxylic acids is 4. The molecule has 0 radical (unpaired) electrons. The first-order chi connectivity index (χ1) is 16.3. The maximum Gasteiger partial charge on any atom is 0.326 e. The molecule has 17 nitrogen and oxygen atoms in total. The Labute approximate surface area is 199 Å². The molecule has 4 atom stereocenters. The van der Waals surface area contributed by atoms with E-state index in [-0.39, 0.29) is 38.2 Å². The van der Waals surface area contributed by atoms with E-state index in [9.17, 15) is 33.9 Å². The van der Waals surface area contributed by atoms with Crippen molar-refractivity contribution in [3.05, 3.63) is 0 Å². The summed E-state index contributed by atoms with van der Waals surface area (Å²) in [6, 6.07) is -6.01. The second-order valence-electron chi connectivity index (χ2n) is 7.36. The van der Waals surface area contributed by atoms with Crippen LogP contribution in [-0.4, -0.2) is 94.2 Å². The van der Waals surface area contributed by atoms with E-state index in [0.29, 0.717) is 0 Å². The molecule has 0 saturated heterocycles. The van der Waals surface area contributed by atoms with E-state index < -0.39 is 72.8 Å². The van der Waals surface area contributed by atoms with Crippen LogP contribution in [0.3, 0.4) is 0 Å². The Bertz CT molecular complexity index is 816. The van der Waals surface area contributed by atoms with Gasteiger partial charge in [0.2, 0.25) is 23.6 Å². The molecule has 0 aromatic carbocycles. The van der Waals surface area contributed by atoms with Crippen LogP contribution in [0.15, 0.2) is 4.99 Å². The van der Waals surface area contributed by atoms with Crippen molar-refractivity contribution in [2.24, 2.45) is 27.9 Å². The fourth-order valence-corrected chi connectivity index (χ4v) is 2.61. The number of aliphatic hydroxyl groups is 1. The SMILES string of the molecule is NC(=O)CCC(NC(=O)C(CCCN=C(N)N)NC(=O)C(CC(=O)O)NC(=O)C(N)CO)C(=O)O. The van der Waals surface area contributed by atoms with Crippen LogP contribution in [-0.2, 0) is 28.8 Å². The highest BCUT2D eigenvalue weighted by Crippen LogP contribution is 2.05. The molecular weight excluding hydrogens is 472 g/mol. The molecule has 0 rings (SSSR count). The molecule has 0 fully saturated rings. The summed E-state index contributed by atoms with van der Waals surface area (Å²) in [6.07, 6.45) is -1.51. The number of rotatable bonds is 17. The van der Waals surface area contributed by atoms with Gasteiger partial charge in [-0.15, -0.1) is 0 Å². The zero-order valence-electron chi connectivity index (χ0n) is 18.8. The van der Waals surface area contributed by atoms with E-state index in [1.54, 1.807) is 0 Å². The fraction of sp³-hybridized carbons (Fsp3) is 0.611. The van der Waals surface area contributed by atoms with Crippen LogP contribution in [0.4, 0.5) is 0 Å². The number of carbonyl (C=O) groups is 6. The maximum atomic E-state index is 12.7. The number of amides is 4. The Morgan fingerprint density at radius 3 is 1.83 bits per heavy atom. The first kappa shape index (κ1) is 31.0. The van der Waals surface area contributed by atoms with Crippen molar-refractivity contribution in [2.75, 3.05) is 13.2 Å². The van der Waals surface area contributed by atoms with Gasteiger partial charge in [0.05, 0.1) is 13.0 Å². The first-order valence-electron chi connectivity index (χ1n) is 10.3. The lowest BCUT2D eigenvalue weighted by Gasteiger charge is -2.24. The number of aliphatic imine (C=N–C) groups is 1. The molecule has 0 aromatic rings. The lowest BCUT2D eigenvalue weighted by atomic mass is 10.1. The lowest BCUT2D eigenvalue weighted by Crippen LogP contribution is -2.57. The second kappa shape index (κ2) is 15.8. The summed E-state index contributed by atoms with van der Waals surface area (Å²) in [6.45, 7) is -0.725. The maximum absolute atomic E-state index is 12.7. The molecule has 14 N–H and O–H groups in total. The number of nitrogens with zero attached hydrogens (tertiary/aromatic N) is 1. The van der Waals surface area contributed by atoms with Gasteiger partial charge in [-0.05, 0) is 19.3 Å². The van der Waals surface area contributed by atoms with Crippen molar-refractivity contribution in [2.45, 2.75) is 56.3 Å². The summed E-state index contributed by atoms with van der Waals surface area (Å²) in [5.74, 6) is -7.00. The third kappa shape index (κ3) is 13.3. The molecule has 35 heavy (non-hydrogen) atoms. The summed E-state index contributed by atoms with van der Waals surface area (Å²) in [7, 11) is 0. The minimum atomic E-state index is -1.67. The number of aliphatic hydroxyl groups excluding tert-OH is 1. The van der Waals surface area contributed by atoms with E-state index in [4.69, 9.17) is 33.1 Å². The van der Waals surface area contributed by atoms with Crippen molar-refractivity contribution in [1.82, 2.24) is 16.0 Å². The number of aliphatic carboxylic acids is 2. The number of guanidine groups is 1. The molecule has 4 unspecified atom stereocenters. The van der Waals surface area contributed by atoms with Gasteiger partial charge in [0.1, 0.15) is 24.2 Å². The topological polar surface area (TPSA) is 316 Å². The van der Waals surface area contributed by atoms with E-state index in [1.165, 1.54) is 0 Å². The molecule has 17 heteroatoms. The molecule has 198 valence electrons. The fourth-order valence-electron chi connectivity index (χ4n) is 2.61. The van der Waals surface area contributed by atoms with Crippen LogP contribution in [0.5, 0.6) is 0 Å². The van der Waals surface area contributed by atoms with Gasteiger partial charge in [-0.25, -0.2) is 4.79 Å². The van der Waals surface area contributed by atoms with Crippen LogP contribution in [0.25, 0.3) is 0 Å². The number of primary amides is 1. The van der Waals surface area contributed by atoms with E-state index in [2.05, 4.69) is 20.9 Å². The summed E-state index contributed by atoms with van der Waals surface area (Å²) < 4.78 is 0. The molecule has 0 heterocycles. The third-order valence-electron chi connectivity index (χ3n) is 4.42. The molecule has 4 amide bonds. The van der Waals surface area contributed by atoms with Gasteiger partial charge in [0.25, 0.3) is 0 Å². The average molecular weight is 505 g/mol. The number of hydrogen-bond donors (Lipinski definition) is 10. The smallest absolute Gasteiger partial charge is 0.326 e. The molecule has 0 saturated carbocycles. The highest BCUT2D eigenvalue weighted by Gasteiger charge is 2.31. The van der Waals surface area contributed by atoms with E-state index in [1.807, 2.05) is 0 Å². The summed E-state index contributed by atoms with van der Waals surface area (Å²) in [5.41, 5.74) is 20.8. The van der Waals surface area contributed by atoms with Crippen molar-refractivity contribution in [1.29, 1.82) is 0 Å². The highest BCUT2D eigenvalue weighted by atomic mass is 16.4. The minimum absolute atomic E-state index is 0.0483. The van der Waals surface area contributed by atoms with E-state index >= 15 is 0 Å². The standard InChI is InChI=1S/C18H32N8O9/c19-8(7-27)14(31)26-11(6-13(29)30)16(33)24-9(2-1-5-23-18(21)22)15(32)25-10(17(34)35)3-4-12(20)28/h8-11,27H,1-7,19H2,(H2,20,28)(H,24,33)(H,25,32)(H,26,31)(H,29,30)(H,34,35)(H4,21,22,23). The number of nitrogens with one attached hydrogen (secondary N) is 3. The number of carboxylic acid groups (broad SMARTS) is 2. The van der Waals surface area contributed by atoms with Gasteiger partial charge in [-0.3, -0.25) is 29.0 Å². The first-order valence-corrected chi connectivity index (χ1v) is 10.3. The van der Waals surface area contributed by atoms with Crippen LogP contribution in [0.2, 0.25) is 0 Å². The molecule has 0 aromatic heterocycles. The third-order valence-corrected chi connectivity index (χ3v) is 4.42. The van der Waals surface area contributed by atoms with Gasteiger partial charge in [-0.1, -0.05) is 0 Å². The number of hydrogen-bond acceptors (Lipinski definition) is 9. The summed E-state index contributed by atoms with van der Waals surface area (Å²) in [5, 5.41) is 33.8. The second-order valence-corrected chi connectivity index (χ2v) is 7.36. The average Bonchev–Trinajstić information content (AvgIpc) is 2.76. The van der Waals surface area contributed by atoms with Crippen molar-refractivity contribution >= 4 is 41.5 Å². The zero-order chi connectivity index (χ0) is 27.1. The van der Waals surface area contributed by atoms with Crippen LogP contribution >= 0.6 is 0 Å². The Balaban J connectivity index is 5.63. The highest BCUT2D eigenvalue weighted by molar-refractivity contribution is 5.95. The molecule has 0 aliphatic carbocycles. The zero-order valence-corrected chi connectivity index (χ0v) is 18.8.